The Morgan fingerprint density at radius 1 is 1.12 bits per heavy atom. The van der Waals surface area contributed by atoms with Crippen molar-refractivity contribution < 1.29 is 19.1 Å². The number of thioether (sulfide) groups is 1. The summed E-state index contributed by atoms with van der Waals surface area (Å²) in [5.41, 5.74) is 1.46. The van der Waals surface area contributed by atoms with Crippen molar-refractivity contribution in [1.29, 1.82) is 0 Å². The SMILES string of the molecule is CCOC(=O)c1ccccc1NC(=O)CSc1nnc(-c2cn(CC)nc2OCC)n1C. The Hall–Kier alpha value is -3.34. The summed E-state index contributed by atoms with van der Waals surface area (Å²) in [5.74, 6) is 0.436. The topological polar surface area (TPSA) is 113 Å². The first-order chi connectivity index (χ1) is 15.5. The third-order valence-electron chi connectivity index (χ3n) is 4.44. The number of hydrogen-bond donors (Lipinski definition) is 1. The Labute approximate surface area is 190 Å². The number of rotatable bonds is 10. The molecule has 0 fully saturated rings. The molecule has 0 spiro atoms. The normalized spacial score (nSPS) is 10.8. The first kappa shape index (κ1) is 23.3. The summed E-state index contributed by atoms with van der Waals surface area (Å²) in [6, 6.07) is 6.74. The van der Waals surface area contributed by atoms with Crippen LogP contribution in [-0.4, -0.2) is 55.4 Å². The van der Waals surface area contributed by atoms with E-state index in [2.05, 4.69) is 20.6 Å². The molecule has 0 saturated heterocycles. The Balaban J connectivity index is 1.69. The van der Waals surface area contributed by atoms with E-state index in [0.717, 1.165) is 5.56 Å². The zero-order chi connectivity index (χ0) is 23.1. The number of carbonyl (C=O) groups excluding carboxylic acids is 2. The van der Waals surface area contributed by atoms with Crippen molar-refractivity contribution in [2.45, 2.75) is 32.5 Å². The monoisotopic (exact) mass is 458 g/mol. The number of nitrogens with one attached hydrogen (secondary N) is 1. The first-order valence-corrected chi connectivity index (χ1v) is 11.3. The minimum atomic E-state index is -0.480. The van der Waals surface area contributed by atoms with Crippen LogP contribution in [0, 0.1) is 0 Å². The minimum Gasteiger partial charge on any atom is -0.476 e. The quantitative estimate of drug-likeness (QED) is 0.364. The van der Waals surface area contributed by atoms with Crippen LogP contribution in [0.5, 0.6) is 5.88 Å². The van der Waals surface area contributed by atoms with Gasteiger partial charge in [-0.15, -0.1) is 15.3 Å². The molecule has 3 rings (SSSR count). The number of ether oxygens (including phenoxy) is 2. The van der Waals surface area contributed by atoms with Crippen LogP contribution in [0.25, 0.3) is 11.4 Å². The van der Waals surface area contributed by atoms with Crippen LogP contribution in [0.15, 0.2) is 35.6 Å². The van der Waals surface area contributed by atoms with Crippen LogP contribution in [0.2, 0.25) is 0 Å². The van der Waals surface area contributed by atoms with E-state index in [1.807, 2.05) is 27.1 Å². The average Bonchev–Trinajstić information content (AvgIpc) is 3.35. The Kier molecular flexibility index (Phi) is 7.87. The maximum Gasteiger partial charge on any atom is 0.340 e. The van der Waals surface area contributed by atoms with Gasteiger partial charge in [0.2, 0.25) is 11.8 Å². The van der Waals surface area contributed by atoms with E-state index in [1.54, 1.807) is 40.4 Å². The van der Waals surface area contributed by atoms with Gasteiger partial charge in [-0.3, -0.25) is 9.48 Å². The number of para-hydroxylation sites is 1. The summed E-state index contributed by atoms with van der Waals surface area (Å²) in [5, 5.41) is 16.2. The Morgan fingerprint density at radius 2 is 1.91 bits per heavy atom. The summed E-state index contributed by atoms with van der Waals surface area (Å²) in [7, 11) is 1.82. The fourth-order valence-electron chi connectivity index (χ4n) is 2.93. The second-order valence-corrected chi connectivity index (χ2v) is 7.55. The van der Waals surface area contributed by atoms with Crippen molar-refractivity contribution >= 4 is 29.3 Å². The van der Waals surface area contributed by atoms with Gasteiger partial charge in [0, 0.05) is 19.8 Å². The lowest BCUT2D eigenvalue weighted by Crippen LogP contribution is -2.17. The highest BCUT2D eigenvalue weighted by atomic mass is 32.2. The molecule has 0 radical (unpaired) electrons. The molecule has 0 saturated carbocycles. The largest absolute Gasteiger partial charge is 0.476 e. The van der Waals surface area contributed by atoms with Gasteiger partial charge in [-0.25, -0.2) is 4.79 Å². The number of nitrogens with zero attached hydrogens (tertiary/aromatic N) is 5. The Bertz CT molecular complexity index is 1090. The highest BCUT2D eigenvalue weighted by Crippen LogP contribution is 2.29. The van der Waals surface area contributed by atoms with Crippen LogP contribution >= 0.6 is 11.8 Å². The third-order valence-corrected chi connectivity index (χ3v) is 5.46. The molecule has 1 N–H and O–H groups in total. The number of esters is 1. The fourth-order valence-corrected chi connectivity index (χ4v) is 3.64. The van der Waals surface area contributed by atoms with Crippen molar-refractivity contribution in [3.63, 3.8) is 0 Å². The Morgan fingerprint density at radius 3 is 2.62 bits per heavy atom. The van der Waals surface area contributed by atoms with Gasteiger partial charge in [0.25, 0.3) is 0 Å². The highest BCUT2D eigenvalue weighted by molar-refractivity contribution is 7.99. The molecule has 0 atom stereocenters. The molecule has 2 heterocycles. The second kappa shape index (κ2) is 10.8. The molecule has 0 bridgehead atoms. The predicted molar refractivity (Wildman–Crippen MR) is 121 cm³/mol. The van der Waals surface area contributed by atoms with E-state index in [9.17, 15) is 9.59 Å². The molecule has 170 valence electrons. The average molecular weight is 459 g/mol. The van der Waals surface area contributed by atoms with Gasteiger partial charge in [-0.1, -0.05) is 23.9 Å². The van der Waals surface area contributed by atoms with Crippen LogP contribution in [0.4, 0.5) is 5.69 Å². The zero-order valence-corrected chi connectivity index (χ0v) is 19.3. The van der Waals surface area contributed by atoms with E-state index >= 15 is 0 Å². The van der Waals surface area contributed by atoms with Crippen molar-refractivity contribution in [3.8, 4) is 17.3 Å². The molecule has 1 aromatic carbocycles. The molecule has 1 amide bonds. The van der Waals surface area contributed by atoms with Gasteiger partial charge < -0.3 is 19.4 Å². The summed E-state index contributed by atoms with van der Waals surface area (Å²) >= 11 is 1.24. The minimum absolute atomic E-state index is 0.0929. The summed E-state index contributed by atoms with van der Waals surface area (Å²) in [4.78, 5) is 24.6. The molecular formula is C21H26N6O4S. The van der Waals surface area contributed by atoms with Crippen molar-refractivity contribution in [1.82, 2.24) is 24.5 Å². The number of amides is 1. The van der Waals surface area contributed by atoms with Crippen molar-refractivity contribution in [2.75, 3.05) is 24.3 Å². The van der Waals surface area contributed by atoms with Crippen LogP contribution < -0.4 is 10.1 Å². The van der Waals surface area contributed by atoms with Gasteiger partial charge >= 0.3 is 5.97 Å². The number of aryl methyl sites for hydroxylation is 1. The van der Waals surface area contributed by atoms with E-state index < -0.39 is 5.97 Å². The fraction of sp³-hybridized carbons (Fsp3) is 0.381. The molecule has 3 aromatic rings. The number of hydrogen-bond acceptors (Lipinski definition) is 8. The number of anilines is 1. The lowest BCUT2D eigenvalue weighted by atomic mass is 10.2. The van der Waals surface area contributed by atoms with Crippen LogP contribution in [0.1, 0.15) is 31.1 Å². The molecule has 10 nitrogen and oxygen atoms in total. The van der Waals surface area contributed by atoms with Gasteiger partial charge in [-0.05, 0) is 32.9 Å². The summed E-state index contributed by atoms with van der Waals surface area (Å²) < 4.78 is 14.2. The summed E-state index contributed by atoms with van der Waals surface area (Å²) in [6.45, 7) is 7.06. The van der Waals surface area contributed by atoms with Gasteiger partial charge in [0.15, 0.2) is 11.0 Å². The first-order valence-electron chi connectivity index (χ1n) is 10.3. The van der Waals surface area contributed by atoms with Gasteiger partial charge in [-0.2, -0.15) is 0 Å². The van der Waals surface area contributed by atoms with E-state index in [-0.39, 0.29) is 18.3 Å². The molecule has 0 unspecified atom stereocenters. The van der Waals surface area contributed by atoms with Crippen LogP contribution in [-0.2, 0) is 23.1 Å². The maximum atomic E-state index is 12.5. The molecule has 2 aromatic heterocycles. The third kappa shape index (κ3) is 5.28. The zero-order valence-electron chi connectivity index (χ0n) is 18.5. The second-order valence-electron chi connectivity index (χ2n) is 6.60. The molecule has 0 aliphatic heterocycles. The lowest BCUT2D eigenvalue weighted by Gasteiger charge is -2.10. The van der Waals surface area contributed by atoms with E-state index in [0.29, 0.717) is 41.3 Å². The number of carbonyl (C=O) groups is 2. The van der Waals surface area contributed by atoms with E-state index in [4.69, 9.17) is 9.47 Å². The molecular weight excluding hydrogens is 432 g/mol. The molecule has 32 heavy (non-hydrogen) atoms. The van der Waals surface area contributed by atoms with Gasteiger partial charge in [0.05, 0.1) is 30.2 Å². The number of aromatic nitrogens is 5. The predicted octanol–water partition coefficient (Wildman–Crippen LogP) is 3.00. The standard InChI is InChI=1S/C21H26N6O4S/c1-5-27-12-15(19(25-27)30-6-2)18-23-24-21(26(18)4)32-13-17(28)22-16-11-9-8-10-14(16)20(29)31-7-3/h8-12H,5-7,13H2,1-4H3,(H,22,28). The smallest absolute Gasteiger partial charge is 0.340 e. The maximum absolute atomic E-state index is 12.5. The van der Waals surface area contributed by atoms with Crippen molar-refractivity contribution in [2.24, 2.45) is 7.05 Å². The lowest BCUT2D eigenvalue weighted by molar-refractivity contribution is -0.113. The van der Waals surface area contributed by atoms with Crippen molar-refractivity contribution in [3.05, 3.63) is 36.0 Å². The van der Waals surface area contributed by atoms with Crippen LogP contribution in [0.3, 0.4) is 0 Å². The molecule has 0 aliphatic rings. The van der Waals surface area contributed by atoms with E-state index in [1.165, 1.54) is 11.8 Å². The molecule has 0 aliphatic carbocycles. The van der Waals surface area contributed by atoms with Gasteiger partial charge in [0.1, 0.15) is 5.56 Å². The molecule has 11 heteroatoms. The summed E-state index contributed by atoms with van der Waals surface area (Å²) in [6.07, 6.45) is 1.86. The number of benzene rings is 1. The highest BCUT2D eigenvalue weighted by Gasteiger charge is 2.20.